The Morgan fingerprint density at radius 1 is 1.33 bits per heavy atom. The Bertz CT molecular complexity index is 476. The van der Waals surface area contributed by atoms with Gasteiger partial charge >= 0.3 is 0 Å². The maximum atomic E-state index is 11.8. The molecule has 0 saturated heterocycles. The summed E-state index contributed by atoms with van der Waals surface area (Å²) < 4.78 is 7.15. The van der Waals surface area contributed by atoms with Gasteiger partial charge in [0.25, 0.3) is 0 Å². The van der Waals surface area contributed by atoms with Gasteiger partial charge in [0.2, 0.25) is 0 Å². The summed E-state index contributed by atoms with van der Waals surface area (Å²) in [5, 5.41) is 0. The zero-order chi connectivity index (χ0) is 13.5. The van der Waals surface area contributed by atoms with Crippen LogP contribution in [0.25, 0.3) is 0 Å². The van der Waals surface area contributed by atoms with Crippen LogP contribution in [0.5, 0.6) is 5.75 Å². The largest absolute Gasteiger partial charge is 0.494 e. The third-order valence-corrected chi connectivity index (χ3v) is 5.37. The fraction of sp³-hybridized carbons (Fsp3) is 0.500. The second kappa shape index (κ2) is 4.97. The SMILES string of the molecule is COc1c(Br)cc(C2(C)CCC(=O)C2C)cc1Br. The number of carbonyl (C=O) groups is 1. The molecule has 0 spiro atoms. The Morgan fingerprint density at radius 3 is 2.28 bits per heavy atom. The maximum absolute atomic E-state index is 11.8. The molecule has 0 heterocycles. The number of ketones is 1. The van der Waals surface area contributed by atoms with Crippen LogP contribution in [-0.2, 0) is 10.2 Å². The number of rotatable bonds is 2. The number of carbonyl (C=O) groups excluding carboxylic acids is 1. The summed E-state index contributed by atoms with van der Waals surface area (Å²) in [5.74, 6) is 1.23. The molecule has 2 rings (SSSR count). The highest BCUT2D eigenvalue weighted by Crippen LogP contribution is 2.46. The Labute approximate surface area is 124 Å². The van der Waals surface area contributed by atoms with E-state index in [1.165, 1.54) is 5.56 Å². The molecule has 2 unspecified atom stereocenters. The van der Waals surface area contributed by atoms with E-state index in [0.717, 1.165) is 21.1 Å². The lowest BCUT2D eigenvalue weighted by molar-refractivity contribution is -0.120. The molecule has 0 amide bonds. The van der Waals surface area contributed by atoms with Crippen LogP contribution in [0.15, 0.2) is 21.1 Å². The van der Waals surface area contributed by atoms with Gasteiger partial charge in [-0.25, -0.2) is 0 Å². The monoisotopic (exact) mass is 374 g/mol. The smallest absolute Gasteiger partial charge is 0.147 e. The lowest BCUT2D eigenvalue weighted by Crippen LogP contribution is -2.27. The lowest BCUT2D eigenvalue weighted by Gasteiger charge is -2.29. The average Bonchev–Trinajstić information content (AvgIpc) is 2.58. The van der Waals surface area contributed by atoms with Gasteiger partial charge in [0.15, 0.2) is 0 Å². The van der Waals surface area contributed by atoms with Gasteiger partial charge in [0.1, 0.15) is 11.5 Å². The molecule has 4 heteroatoms. The molecule has 1 aromatic carbocycles. The van der Waals surface area contributed by atoms with Crippen molar-refractivity contribution in [2.45, 2.75) is 32.1 Å². The van der Waals surface area contributed by atoms with Crippen LogP contribution in [0.1, 0.15) is 32.3 Å². The molecule has 1 aromatic rings. The molecule has 1 aliphatic rings. The van der Waals surface area contributed by atoms with Crippen molar-refractivity contribution >= 4 is 37.6 Å². The first kappa shape index (κ1) is 14.1. The van der Waals surface area contributed by atoms with Crippen molar-refractivity contribution in [3.8, 4) is 5.75 Å². The number of hydrogen-bond acceptors (Lipinski definition) is 2. The minimum Gasteiger partial charge on any atom is -0.494 e. The standard InChI is InChI=1S/C14H16Br2O2/c1-8-12(17)4-5-14(8,2)9-6-10(15)13(18-3)11(16)7-9/h6-8H,4-5H2,1-3H3. The van der Waals surface area contributed by atoms with E-state index in [9.17, 15) is 4.79 Å². The van der Waals surface area contributed by atoms with Crippen molar-refractivity contribution in [3.05, 3.63) is 26.6 Å². The van der Waals surface area contributed by atoms with Crippen LogP contribution in [-0.4, -0.2) is 12.9 Å². The van der Waals surface area contributed by atoms with Crippen LogP contribution in [0.4, 0.5) is 0 Å². The van der Waals surface area contributed by atoms with Crippen molar-refractivity contribution in [3.63, 3.8) is 0 Å². The van der Waals surface area contributed by atoms with Crippen molar-refractivity contribution < 1.29 is 9.53 Å². The first-order valence-corrected chi connectivity index (χ1v) is 7.55. The van der Waals surface area contributed by atoms with Gasteiger partial charge in [0, 0.05) is 17.8 Å². The van der Waals surface area contributed by atoms with Gasteiger partial charge in [-0.1, -0.05) is 13.8 Å². The average molecular weight is 376 g/mol. The fourth-order valence-corrected chi connectivity index (χ4v) is 4.16. The van der Waals surface area contributed by atoms with Crippen LogP contribution < -0.4 is 4.74 Å². The Kier molecular flexibility index (Phi) is 3.88. The molecular formula is C14H16Br2O2. The van der Waals surface area contributed by atoms with Crippen LogP contribution in [0.2, 0.25) is 0 Å². The molecular weight excluding hydrogens is 360 g/mol. The van der Waals surface area contributed by atoms with Gasteiger partial charge in [-0.15, -0.1) is 0 Å². The van der Waals surface area contributed by atoms with E-state index in [4.69, 9.17) is 4.74 Å². The van der Waals surface area contributed by atoms with E-state index >= 15 is 0 Å². The molecule has 2 nitrogen and oxygen atoms in total. The number of Topliss-reactive ketones (excluding diaryl/α,β-unsaturated/α-hetero) is 1. The number of halogens is 2. The number of methoxy groups -OCH3 is 1. The summed E-state index contributed by atoms with van der Waals surface area (Å²) in [4.78, 5) is 11.8. The topological polar surface area (TPSA) is 26.3 Å². The van der Waals surface area contributed by atoms with Crippen molar-refractivity contribution in [2.24, 2.45) is 5.92 Å². The van der Waals surface area contributed by atoms with E-state index in [-0.39, 0.29) is 11.3 Å². The molecule has 18 heavy (non-hydrogen) atoms. The third-order valence-electron chi connectivity index (χ3n) is 4.19. The van der Waals surface area contributed by atoms with Gasteiger partial charge in [-0.3, -0.25) is 4.79 Å². The van der Waals surface area contributed by atoms with Crippen molar-refractivity contribution in [1.82, 2.24) is 0 Å². The predicted octanol–water partition coefficient (Wildman–Crippen LogP) is 4.48. The molecule has 1 aliphatic carbocycles. The maximum Gasteiger partial charge on any atom is 0.147 e. The summed E-state index contributed by atoms with van der Waals surface area (Å²) in [6.07, 6.45) is 1.59. The van der Waals surface area contributed by atoms with E-state index in [1.54, 1.807) is 7.11 Å². The summed E-state index contributed by atoms with van der Waals surface area (Å²) in [5.41, 5.74) is 1.11. The zero-order valence-corrected chi connectivity index (χ0v) is 13.9. The van der Waals surface area contributed by atoms with Gasteiger partial charge in [-0.05, 0) is 56.0 Å². The van der Waals surface area contributed by atoms with Crippen LogP contribution >= 0.6 is 31.9 Å². The van der Waals surface area contributed by atoms with E-state index in [1.807, 2.05) is 6.92 Å². The minimum atomic E-state index is -0.0750. The second-order valence-corrected chi connectivity index (χ2v) is 6.79. The summed E-state index contributed by atoms with van der Waals surface area (Å²) in [7, 11) is 1.65. The van der Waals surface area contributed by atoms with Gasteiger partial charge in [-0.2, -0.15) is 0 Å². The molecule has 1 fully saturated rings. The number of benzene rings is 1. The summed E-state index contributed by atoms with van der Waals surface area (Å²) in [6, 6.07) is 4.14. The zero-order valence-electron chi connectivity index (χ0n) is 10.7. The lowest BCUT2D eigenvalue weighted by atomic mass is 9.74. The molecule has 0 radical (unpaired) electrons. The van der Waals surface area contributed by atoms with E-state index in [0.29, 0.717) is 12.2 Å². The van der Waals surface area contributed by atoms with Gasteiger partial charge in [0.05, 0.1) is 16.1 Å². The van der Waals surface area contributed by atoms with Gasteiger partial charge < -0.3 is 4.74 Å². The highest BCUT2D eigenvalue weighted by molar-refractivity contribution is 9.11. The highest BCUT2D eigenvalue weighted by atomic mass is 79.9. The molecule has 0 aliphatic heterocycles. The first-order chi connectivity index (χ1) is 8.40. The second-order valence-electron chi connectivity index (χ2n) is 5.08. The summed E-state index contributed by atoms with van der Waals surface area (Å²) in [6.45, 7) is 4.20. The van der Waals surface area contributed by atoms with Crippen molar-refractivity contribution in [2.75, 3.05) is 7.11 Å². The minimum absolute atomic E-state index is 0.0738. The predicted molar refractivity (Wildman–Crippen MR) is 79.2 cm³/mol. The molecule has 0 aromatic heterocycles. The highest BCUT2D eigenvalue weighted by Gasteiger charge is 2.43. The molecule has 2 atom stereocenters. The van der Waals surface area contributed by atoms with Crippen LogP contribution in [0.3, 0.4) is 0 Å². The molecule has 0 N–H and O–H groups in total. The first-order valence-electron chi connectivity index (χ1n) is 5.96. The summed E-state index contributed by atoms with van der Waals surface area (Å²) >= 11 is 7.05. The van der Waals surface area contributed by atoms with E-state index < -0.39 is 0 Å². The van der Waals surface area contributed by atoms with Crippen LogP contribution in [0, 0.1) is 5.92 Å². The van der Waals surface area contributed by atoms with E-state index in [2.05, 4.69) is 50.9 Å². The Morgan fingerprint density at radius 2 is 1.89 bits per heavy atom. The Balaban J connectivity index is 2.49. The molecule has 0 bridgehead atoms. The third kappa shape index (κ3) is 2.14. The van der Waals surface area contributed by atoms with Crippen molar-refractivity contribution in [1.29, 1.82) is 0 Å². The molecule has 98 valence electrons. The normalized spacial score (nSPS) is 27.6. The molecule has 1 saturated carbocycles. The fourth-order valence-electron chi connectivity index (χ4n) is 2.65. The number of ether oxygens (including phenoxy) is 1. The quantitative estimate of drug-likeness (QED) is 0.761. The Hall–Kier alpha value is -0.350. The number of hydrogen-bond donors (Lipinski definition) is 0.